The minimum atomic E-state index is -0.478. The molecular formula is C18H30BNO3. The first-order valence-corrected chi connectivity index (χ1v) is 8.18. The van der Waals surface area contributed by atoms with Crippen LogP contribution in [0.3, 0.4) is 0 Å². The fourth-order valence-corrected chi connectivity index (χ4v) is 1.68. The summed E-state index contributed by atoms with van der Waals surface area (Å²) < 4.78 is 11.2. The lowest BCUT2D eigenvalue weighted by Crippen LogP contribution is -2.36. The van der Waals surface area contributed by atoms with Crippen molar-refractivity contribution in [1.82, 2.24) is 5.32 Å². The van der Waals surface area contributed by atoms with Crippen molar-refractivity contribution in [1.29, 1.82) is 0 Å². The van der Waals surface area contributed by atoms with E-state index in [4.69, 9.17) is 9.39 Å². The number of carbonyl (C=O) groups is 1. The molecule has 128 valence electrons. The number of hydrogen-bond donors (Lipinski definition) is 1. The van der Waals surface area contributed by atoms with Crippen molar-refractivity contribution >= 4 is 19.0 Å². The van der Waals surface area contributed by atoms with Gasteiger partial charge in [-0.3, -0.25) is 0 Å². The highest BCUT2D eigenvalue weighted by molar-refractivity contribution is 6.47. The van der Waals surface area contributed by atoms with Crippen LogP contribution in [0.5, 0.6) is 0 Å². The van der Waals surface area contributed by atoms with Crippen molar-refractivity contribution in [2.75, 3.05) is 0 Å². The molecule has 0 fully saturated rings. The lowest BCUT2D eigenvalue weighted by molar-refractivity contribution is 0.0523. The maximum absolute atomic E-state index is 11.6. The molecule has 0 heterocycles. The summed E-state index contributed by atoms with van der Waals surface area (Å²) in [5.41, 5.74) is 1.54. The number of amides is 1. The molecule has 4 nitrogen and oxygen atoms in total. The second kappa shape index (κ2) is 7.87. The number of hydrogen-bond acceptors (Lipinski definition) is 3. The number of rotatable bonds is 6. The van der Waals surface area contributed by atoms with Crippen LogP contribution in [0.15, 0.2) is 24.3 Å². The summed E-state index contributed by atoms with van der Waals surface area (Å²) in [5.74, 6) is 0.458. The van der Waals surface area contributed by atoms with Gasteiger partial charge in [0, 0.05) is 12.1 Å². The standard InChI is InChI=1S/C18H30BNO3/c1-13(2)18(6,7)23-19-15-10-8-14(9-11-15)12-20-16(21)22-17(3,4)5/h8-11,13,19H,12H2,1-7H3,(H,20,21). The Labute approximate surface area is 141 Å². The van der Waals surface area contributed by atoms with E-state index in [0.29, 0.717) is 19.9 Å². The molecule has 0 aliphatic carbocycles. The van der Waals surface area contributed by atoms with Crippen molar-refractivity contribution in [2.24, 2.45) is 5.92 Å². The van der Waals surface area contributed by atoms with Crippen molar-refractivity contribution in [3.05, 3.63) is 29.8 Å². The van der Waals surface area contributed by atoms with Crippen LogP contribution in [0.2, 0.25) is 0 Å². The predicted molar refractivity (Wildman–Crippen MR) is 96.3 cm³/mol. The Kier molecular flexibility index (Phi) is 6.69. The number of carbonyl (C=O) groups excluding carboxylic acids is 1. The highest BCUT2D eigenvalue weighted by Crippen LogP contribution is 2.19. The molecule has 1 rings (SSSR count). The topological polar surface area (TPSA) is 47.6 Å². The molecule has 1 aromatic carbocycles. The van der Waals surface area contributed by atoms with E-state index in [1.807, 2.05) is 45.0 Å². The summed E-state index contributed by atoms with van der Waals surface area (Å²) in [6.45, 7) is 14.5. The zero-order valence-corrected chi connectivity index (χ0v) is 15.5. The molecule has 0 saturated carbocycles. The van der Waals surface area contributed by atoms with Crippen molar-refractivity contribution in [3.8, 4) is 0 Å². The third-order valence-corrected chi connectivity index (χ3v) is 3.86. The predicted octanol–water partition coefficient (Wildman–Crippen LogP) is 3.14. The molecule has 0 saturated heterocycles. The van der Waals surface area contributed by atoms with Crippen molar-refractivity contribution in [2.45, 2.75) is 66.2 Å². The number of nitrogens with one attached hydrogen (secondary N) is 1. The van der Waals surface area contributed by atoms with E-state index in [9.17, 15) is 4.79 Å². The van der Waals surface area contributed by atoms with Crippen LogP contribution in [0, 0.1) is 5.92 Å². The third-order valence-electron chi connectivity index (χ3n) is 3.86. The van der Waals surface area contributed by atoms with Crippen LogP contribution >= 0.6 is 0 Å². The van der Waals surface area contributed by atoms with Crippen LogP contribution in [0.1, 0.15) is 54.0 Å². The van der Waals surface area contributed by atoms with Crippen LogP contribution in [0.25, 0.3) is 0 Å². The number of alkyl carbamates (subject to hydrolysis) is 1. The van der Waals surface area contributed by atoms with Gasteiger partial charge in [0.2, 0.25) is 0 Å². The van der Waals surface area contributed by atoms with E-state index in [1.165, 1.54) is 0 Å². The number of benzene rings is 1. The van der Waals surface area contributed by atoms with Gasteiger partial charge in [0.05, 0.1) is 0 Å². The van der Waals surface area contributed by atoms with Crippen LogP contribution < -0.4 is 10.8 Å². The van der Waals surface area contributed by atoms with Gasteiger partial charge < -0.3 is 14.7 Å². The Morgan fingerprint density at radius 2 is 1.70 bits per heavy atom. The highest BCUT2D eigenvalue weighted by atomic mass is 16.6. The average Bonchev–Trinajstić information content (AvgIpc) is 2.42. The van der Waals surface area contributed by atoms with Gasteiger partial charge in [-0.25, -0.2) is 4.79 Å². The fraction of sp³-hybridized carbons (Fsp3) is 0.611. The van der Waals surface area contributed by atoms with Gasteiger partial charge in [0.25, 0.3) is 0 Å². The first-order valence-electron chi connectivity index (χ1n) is 8.18. The third kappa shape index (κ3) is 7.55. The summed E-state index contributed by atoms with van der Waals surface area (Å²) in [4.78, 5) is 11.6. The molecule has 1 amide bonds. The highest BCUT2D eigenvalue weighted by Gasteiger charge is 2.22. The minimum absolute atomic E-state index is 0.142. The van der Waals surface area contributed by atoms with Crippen molar-refractivity contribution < 1.29 is 14.2 Å². The van der Waals surface area contributed by atoms with E-state index in [2.05, 4.69) is 33.0 Å². The molecule has 5 heteroatoms. The second-order valence-corrected chi connectivity index (χ2v) is 7.72. The molecule has 0 spiro atoms. The van der Waals surface area contributed by atoms with E-state index in [1.54, 1.807) is 0 Å². The zero-order valence-electron chi connectivity index (χ0n) is 15.5. The SMILES string of the molecule is CC(C)C(C)(C)OBc1ccc(CNC(=O)OC(C)(C)C)cc1. The molecule has 0 aliphatic rings. The molecule has 1 N–H and O–H groups in total. The summed E-state index contributed by atoms with van der Waals surface area (Å²) in [5, 5.41) is 2.75. The Hall–Kier alpha value is -1.49. The van der Waals surface area contributed by atoms with E-state index < -0.39 is 11.7 Å². The smallest absolute Gasteiger partial charge is 0.407 e. The summed E-state index contributed by atoms with van der Waals surface area (Å²) in [6.07, 6.45) is -0.399. The van der Waals surface area contributed by atoms with E-state index >= 15 is 0 Å². The second-order valence-electron chi connectivity index (χ2n) is 7.72. The van der Waals surface area contributed by atoms with Gasteiger partial charge >= 0.3 is 13.6 Å². The van der Waals surface area contributed by atoms with Crippen LogP contribution in [-0.2, 0) is 15.9 Å². The largest absolute Gasteiger partial charge is 0.444 e. The first-order chi connectivity index (χ1) is 10.5. The lowest BCUT2D eigenvalue weighted by Gasteiger charge is -2.30. The van der Waals surface area contributed by atoms with Gasteiger partial charge in [-0.1, -0.05) is 43.6 Å². The Morgan fingerprint density at radius 3 is 2.17 bits per heavy atom. The van der Waals surface area contributed by atoms with Crippen LogP contribution in [0.4, 0.5) is 4.79 Å². The molecular weight excluding hydrogens is 289 g/mol. The molecule has 0 bridgehead atoms. The maximum Gasteiger partial charge on any atom is 0.407 e. The maximum atomic E-state index is 11.6. The van der Waals surface area contributed by atoms with Gasteiger partial charge in [-0.05, 0) is 46.1 Å². The monoisotopic (exact) mass is 319 g/mol. The quantitative estimate of drug-likeness (QED) is 0.820. The van der Waals surface area contributed by atoms with E-state index in [0.717, 1.165) is 11.0 Å². The first kappa shape index (κ1) is 19.6. The molecule has 0 aromatic heterocycles. The lowest BCUT2D eigenvalue weighted by atomic mass is 9.84. The van der Waals surface area contributed by atoms with Crippen molar-refractivity contribution in [3.63, 3.8) is 0 Å². The van der Waals surface area contributed by atoms with Gasteiger partial charge in [0.15, 0.2) is 0 Å². The average molecular weight is 319 g/mol. The Bertz CT molecular complexity index is 504. The van der Waals surface area contributed by atoms with Crippen LogP contribution in [-0.4, -0.2) is 24.8 Å². The summed E-state index contributed by atoms with van der Waals surface area (Å²) in [7, 11) is 0.588. The molecule has 0 radical (unpaired) electrons. The van der Waals surface area contributed by atoms with E-state index in [-0.39, 0.29) is 5.60 Å². The molecule has 0 atom stereocenters. The molecule has 23 heavy (non-hydrogen) atoms. The van der Waals surface area contributed by atoms with Gasteiger partial charge in [0.1, 0.15) is 5.60 Å². The molecule has 0 aliphatic heterocycles. The minimum Gasteiger partial charge on any atom is -0.444 e. The van der Waals surface area contributed by atoms with Gasteiger partial charge in [-0.2, -0.15) is 0 Å². The zero-order chi connectivity index (χ0) is 17.7. The number of ether oxygens (including phenoxy) is 1. The Balaban J connectivity index is 2.46. The van der Waals surface area contributed by atoms with Gasteiger partial charge in [-0.15, -0.1) is 0 Å². The summed E-state index contributed by atoms with van der Waals surface area (Å²) >= 11 is 0. The normalized spacial score (nSPS) is 12.2. The Morgan fingerprint density at radius 1 is 1.13 bits per heavy atom. The molecule has 0 unspecified atom stereocenters. The molecule has 1 aromatic rings. The summed E-state index contributed by atoms with van der Waals surface area (Å²) in [6, 6.07) is 8.06. The fourth-order valence-electron chi connectivity index (χ4n) is 1.68.